The number of ether oxygens (including phenoxy) is 2. The van der Waals surface area contributed by atoms with Crippen molar-refractivity contribution >= 4 is 23.2 Å². The summed E-state index contributed by atoms with van der Waals surface area (Å²) in [5.74, 6) is 1.04. The number of benzene rings is 2. The number of nitrogens with one attached hydrogen (secondary N) is 1. The van der Waals surface area contributed by atoms with Gasteiger partial charge in [0.25, 0.3) is 5.91 Å². The fraction of sp³-hybridized carbons (Fsp3) is 0.222. The Kier molecular flexibility index (Phi) is 5.01. The van der Waals surface area contributed by atoms with Crippen molar-refractivity contribution in [3.63, 3.8) is 0 Å². The van der Waals surface area contributed by atoms with Crippen molar-refractivity contribution in [1.82, 2.24) is 5.43 Å². The zero-order valence-electron chi connectivity index (χ0n) is 13.2. The normalized spacial score (nSPS) is 16.0. The first kappa shape index (κ1) is 16.3. The molecule has 2 aromatic carbocycles. The van der Waals surface area contributed by atoms with Crippen LogP contribution < -0.4 is 14.9 Å². The second-order valence-electron chi connectivity index (χ2n) is 5.34. The lowest BCUT2D eigenvalue weighted by molar-refractivity contribution is -0.127. The van der Waals surface area contributed by atoms with E-state index in [1.165, 1.54) is 0 Å². The molecule has 0 unspecified atom stereocenters. The summed E-state index contributed by atoms with van der Waals surface area (Å²) in [7, 11) is 0. The van der Waals surface area contributed by atoms with Gasteiger partial charge in [-0.15, -0.1) is 0 Å². The third-order valence-corrected chi connectivity index (χ3v) is 3.84. The number of hydrogen-bond donors (Lipinski definition) is 1. The van der Waals surface area contributed by atoms with E-state index < -0.39 is 6.10 Å². The molecular weight excluding hydrogens is 328 g/mol. The smallest absolute Gasteiger partial charge is 0.280 e. The van der Waals surface area contributed by atoms with Crippen molar-refractivity contribution in [2.24, 2.45) is 5.10 Å². The lowest BCUT2D eigenvalue weighted by Crippen LogP contribution is -2.34. The molecule has 0 aromatic heterocycles. The van der Waals surface area contributed by atoms with Crippen LogP contribution in [0.1, 0.15) is 18.9 Å². The summed E-state index contributed by atoms with van der Waals surface area (Å²) >= 11 is 5.82. The lowest BCUT2D eigenvalue weighted by atomic mass is 10.0. The Labute approximate surface area is 145 Å². The molecule has 1 atom stereocenters. The summed E-state index contributed by atoms with van der Waals surface area (Å²) in [6, 6.07) is 14.5. The molecule has 6 heteroatoms. The van der Waals surface area contributed by atoms with E-state index in [9.17, 15) is 4.79 Å². The average molecular weight is 345 g/mol. The van der Waals surface area contributed by atoms with Crippen LogP contribution in [-0.2, 0) is 4.79 Å². The first-order chi connectivity index (χ1) is 11.6. The molecule has 1 amide bonds. The highest BCUT2D eigenvalue weighted by atomic mass is 35.5. The molecule has 3 rings (SSSR count). The van der Waals surface area contributed by atoms with Gasteiger partial charge in [-0.05, 0) is 43.3 Å². The van der Waals surface area contributed by atoms with Crippen molar-refractivity contribution in [2.75, 3.05) is 6.61 Å². The maximum absolute atomic E-state index is 12.2. The van der Waals surface area contributed by atoms with Gasteiger partial charge in [0.15, 0.2) is 6.10 Å². The number of hydrazone groups is 1. The zero-order valence-corrected chi connectivity index (χ0v) is 13.9. The maximum Gasteiger partial charge on any atom is 0.280 e. The van der Waals surface area contributed by atoms with Gasteiger partial charge in [0.05, 0.1) is 12.3 Å². The highest BCUT2D eigenvalue weighted by Gasteiger charge is 2.18. The van der Waals surface area contributed by atoms with Gasteiger partial charge < -0.3 is 9.47 Å². The second-order valence-corrected chi connectivity index (χ2v) is 5.78. The molecular formula is C18H17ClN2O3. The average Bonchev–Trinajstić information content (AvgIpc) is 2.61. The predicted octanol–water partition coefficient (Wildman–Crippen LogP) is 3.41. The fourth-order valence-corrected chi connectivity index (χ4v) is 2.45. The van der Waals surface area contributed by atoms with Crippen LogP contribution in [0.25, 0.3) is 0 Å². The van der Waals surface area contributed by atoms with Crippen LogP contribution in [-0.4, -0.2) is 24.3 Å². The monoisotopic (exact) mass is 344 g/mol. The van der Waals surface area contributed by atoms with Crippen LogP contribution in [0.2, 0.25) is 5.02 Å². The van der Waals surface area contributed by atoms with Crippen molar-refractivity contribution in [3.05, 3.63) is 59.1 Å². The molecule has 0 radical (unpaired) electrons. The molecule has 0 saturated carbocycles. The molecule has 1 aliphatic rings. The number of rotatable bonds is 4. The summed E-state index contributed by atoms with van der Waals surface area (Å²) in [6.07, 6.45) is -0.0328. The van der Waals surface area contributed by atoms with Crippen molar-refractivity contribution in [1.29, 1.82) is 0 Å². The summed E-state index contributed by atoms with van der Waals surface area (Å²) in [4.78, 5) is 12.2. The number of carbonyl (C=O) groups is 1. The minimum atomic E-state index is -0.675. The third-order valence-electron chi connectivity index (χ3n) is 3.59. The van der Waals surface area contributed by atoms with Gasteiger partial charge in [-0.1, -0.05) is 23.7 Å². The molecule has 1 aliphatic heterocycles. The van der Waals surface area contributed by atoms with Gasteiger partial charge in [-0.2, -0.15) is 5.10 Å². The minimum absolute atomic E-state index is 0.318. The molecule has 5 nitrogen and oxygen atoms in total. The van der Waals surface area contributed by atoms with E-state index in [2.05, 4.69) is 10.5 Å². The topological polar surface area (TPSA) is 59.9 Å². The molecule has 24 heavy (non-hydrogen) atoms. The van der Waals surface area contributed by atoms with Gasteiger partial charge in [-0.25, -0.2) is 5.43 Å². The molecule has 1 heterocycles. The Morgan fingerprint density at radius 1 is 1.25 bits per heavy atom. The van der Waals surface area contributed by atoms with E-state index in [0.29, 0.717) is 23.8 Å². The summed E-state index contributed by atoms with van der Waals surface area (Å²) in [5, 5.41) is 4.85. The van der Waals surface area contributed by atoms with E-state index in [1.807, 2.05) is 24.3 Å². The number of carbonyl (C=O) groups excluding carboxylic acids is 1. The van der Waals surface area contributed by atoms with Gasteiger partial charge in [0.2, 0.25) is 0 Å². The van der Waals surface area contributed by atoms with Gasteiger partial charge in [-0.3, -0.25) is 4.79 Å². The van der Waals surface area contributed by atoms with Gasteiger partial charge in [0, 0.05) is 17.0 Å². The van der Waals surface area contributed by atoms with Crippen molar-refractivity contribution in [2.45, 2.75) is 19.4 Å². The number of fused-ring (bicyclic) bond motifs is 1. The number of hydrogen-bond acceptors (Lipinski definition) is 4. The van der Waals surface area contributed by atoms with Gasteiger partial charge in [0.1, 0.15) is 11.5 Å². The van der Waals surface area contributed by atoms with E-state index in [-0.39, 0.29) is 5.91 Å². The standard InChI is InChI=1S/C18H17ClN2O3/c1-12(24-14-8-6-13(19)7-9-14)18(22)21-20-16-10-11-23-17-5-3-2-4-15(16)17/h2-9,12H,10-11H2,1H3,(H,21,22)/b20-16-/t12-/m0/s1. The molecule has 0 aliphatic carbocycles. The van der Waals surface area contributed by atoms with Crippen molar-refractivity contribution in [3.8, 4) is 11.5 Å². The molecule has 0 spiro atoms. The van der Waals surface area contributed by atoms with E-state index in [0.717, 1.165) is 17.0 Å². The number of nitrogens with zero attached hydrogens (tertiary/aromatic N) is 1. The molecule has 1 N–H and O–H groups in total. The Morgan fingerprint density at radius 3 is 2.79 bits per heavy atom. The van der Waals surface area contributed by atoms with Crippen LogP contribution in [0, 0.1) is 0 Å². The highest BCUT2D eigenvalue weighted by Crippen LogP contribution is 2.24. The molecule has 124 valence electrons. The Morgan fingerprint density at radius 2 is 2.00 bits per heavy atom. The van der Waals surface area contributed by atoms with Crippen LogP contribution >= 0.6 is 11.6 Å². The van der Waals surface area contributed by atoms with E-state index >= 15 is 0 Å². The number of halogens is 1. The van der Waals surface area contributed by atoms with Crippen LogP contribution in [0.3, 0.4) is 0 Å². The lowest BCUT2D eigenvalue weighted by Gasteiger charge is -2.19. The van der Waals surface area contributed by atoms with Crippen LogP contribution in [0.5, 0.6) is 11.5 Å². The minimum Gasteiger partial charge on any atom is -0.492 e. The van der Waals surface area contributed by atoms with Crippen molar-refractivity contribution < 1.29 is 14.3 Å². The Balaban J connectivity index is 1.64. The first-order valence-electron chi connectivity index (χ1n) is 7.64. The third kappa shape index (κ3) is 3.86. The largest absolute Gasteiger partial charge is 0.492 e. The number of para-hydroxylation sites is 1. The fourth-order valence-electron chi connectivity index (χ4n) is 2.32. The van der Waals surface area contributed by atoms with E-state index in [4.69, 9.17) is 21.1 Å². The zero-order chi connectivity index (χ0) is 16.9. The Bertz CT molecular complexity index is 759. The second kappa shape index (κ2) is 7.36. The molecule has 2 aromatic rings. The summed E-state index contributed by atoms with van der Waals surface area (Å²) in [6.45, 7) is 2.21. The SMILES string of the molecule is C[C@H](Oc1ccc(Cl)cc1)C(=O)N/N=C1/CCOc2ccccc21. The summed E-state index contributed by atoms with van der Waals surface area (Å²) < 4.78 is 11.1. The first-order valence-corrected chi connectivity index (χ1v) is 8.02. The predicted molar refractivity (Wildman–Crippen MR) is 92.8 cm³/mol. The Hall–Kier alpha value is -2.53. The van der Waals surface area contributed by atoms with Crippen LogP contribution in [0.15, 0.2) is 53.6 Å². The quantitative estimate of drug-likeness (QED) is 0.865. The van der Waals surface area contributed by atoms with Gasteiger partial charge >= 0.3 is 0 Å². The van der Waals surface area contributed by atoms with Crippen LogP contribution in [0.4, 0.5) is 0 Å². The molecule has 0 saturated heterocycles. The highest BCUT2D eigenvalue weighted by molar-refractivity contribution is 6.30. The van der Waals surface area contributed by atoms with E-state index in [1.54, 1.807) is 31.2 Å². The maximum atomic E-state index is 12.2. The number of amides is 1. The molecule has 0 bridgehead atoms. The summed E-state index contributed by atoms with van der Waals surface area (Å²) in [5.41, 5.74) is 4.26. The molecule has 0 fully saturated rings.